The summed E-state index contributed by atoms with van der Waals surface area (Å²) in [5.41, 5.74) is 2.37. The van der Waals surface area contributed by atoms with Crippen LogP contribution in [-0.2, 0) is 11.2 Å². The van der Waals surface area contributed by atoms with Crippen LogP contribution in [0.5, 0.6) is 0 Å². The molecule has 3 rings (SSSR count). The lowest BCUT2D eigenvalue weighted by Gasteiger charge is -2.40. The molecule has 1 saturated heterocycles. The smallest absolute Gasteiger partial charge is 0.307 e. The van der Waals surface area contributed by atoms with Crippen LogP contribution in [-0.4, -0.2) is 39.0 Å². The van der Waals surface area contributed by atoms with E-state index < -0.39 is 5.97 Å². The molecule has 2 unspecified atom stereocenters. The molecule has 0 aromatic carbocycles. The molecule has 2 aliphatic heterocycles. The van der Waals surface area contributed by atoms with E-state index in [9.17, 15) is 4.79 Å². The minimum Gasteiger partial charge on any atom is -0.481 e. The standard InChI is InChI=1S/C11H15N3O2/c15-11(16)7-1-2-9-10-8(12-6-13-10)3-4-14(9)5-7/h6-7,9H,1-5H2,(H,12,13)(H,15,16). The highest BCUT2D eigenvalue weighted by Gasteiger charge is 2.36. The summed E-state index contributed by atoms with van der Waals surface area (Å²) in [6.45, 7) is 1.62. The predicted molar refractivity (Wildman–Crippen MR) is 57.0 cm³/mol. The van der Waals surface area contributed by atoms with Crippen molar-refractivity contribution < 1.29 is 9.90 Å². The minimum atomic E-state index is -0.661. The van der Waals surface area contributed by atoms with Crippen LogP contribution in [0, 0.1) is 5.92 Å². The van der Waals surface area contributed by atoms with E-state index in [1.807, 2.05) is 0 Å². The number of carboxylic acids is 1. The fourth-order valence-corrected chi connectivity index (χ4v) is 2.88. The van der Waals surface area contributed by atoms with Gasteiger partial charge in [0.2, 0.25) is 0 Å². The first kappa shape index (κ1) is 9.84. The summed E-state index contributed by atoms with van der Waals surface area (Å²) in [4.78, 5) is 20.8. The largest absolute Gasteiger partial charge is 0.481 e. The van der Waals surface area contributed by atoms with Crippen molar-refractivity contribution in [3.63, 3.8) is 0 Å². The Morgan fingerprint density at radius 3 is 3.25 bits per heavy atom. The number of carboxylic acid groups (broad SMARTS) is 1. The van der Waals surface area contributed by atoms with Gasteiger partial charge in [-0.1, -0.05) is 0 Å². The summed E-state index contributed by atoms with van der Waals surface area (Å²) in [5.74, 6) is -0.858. The van der Waals surface area contributed by atoms with Crippen molar-refractivity contribution in [1.82, 2.24) is 14.9 Å². The Balaban J connectivity index is 1.83. The molecule has 86 valence electrons. The van der Waals surface area contributed by atoms with Gasteiger partial charge in [-0.25, -0.2) is 4.98 Å². The van der Waals surface area contributed by atoms with Crippen LogP contribution in [0.4, 0.5) is 0 Å². The van der Waals surface area contributed by atoms with Crippen molar-refractivity contribution in [1.29, 1.82) is 0 Å². The molecule has 0 radical (unpaired) electrons. The van der Waals surface area contributed by atoms with E-state index in [1.54, 1.807) is 6.33 Å². The van der Waals surface area contributed by atoms with Crippen LogP contribution in [0.2, 0.25) is 0 Å². The van der Waals surface area contributed by atoms with Crippen LogP contribution in [0.1, 0.15) is 30.3 Å². The highest BCUT2D eigenvalue weighted by Crippen LogP contribution is 2.36. The average molecular weight is 221 g/mol. The van der Waals surface area contributed by atoms with Crippen LogP contribution in [0.15, 0.2) is 6.33 Å². The van der Waals surface area contributed by atoms with Gasteiger partial charge in [-0.05, 0) is 12.8 Å². The lowest BCUT2D eigenvalue weighted by Crippen LogP contribution is -2.44. The topological polar surface area (TPSA) is 69.2 Å². The van der Waals surface area contributed by atoms with Crippen molar-refractivity contribution in [2.75, 3.05) is 13.1 Å². The Kier molecular flexibility index (Phi) is 2.21. The summed E-state index contributed by atoms with van der Waals surface area (Å²) in [5, 5.41) is 9.04. The Morgan fingerprint density at radius 1 is 1.56 bits per heavy atom. The third-order valence-electron chi connectivity index (χ3n) is 3.75. The number of fused-ring (bicyclic) bond motifs is 3. The number of hydrogen-bond acceptors (Lipinski definition) is 3. The lowest BCUT2D eigenvalue weighted by molar-refractivity contribution is -0.144. The molecule has 0 saturated carbocycles. The molecule has 2 aliphatic rings. The monoisotopic (exact) mass is 221 g/mol. The Labute approximate surface area is 93.5 Å². The zero-order valence-electron chi connectivity index (χ0n) is 9.02. The molecule has 3 heterocycles. The lowest BCUT2D eigenvalue weighted by atomic mass is 9.88. The molecule has 5 nitrogen and oxygen atoms in total. The van der Waals surface area contributed by atoms with Crippen molar-refractivity contribution in [2.24, 2.45) is 5.92 Å². The van der Waals surface area contributed by atoms with E-state index in [-0.39, 0.29) is 5.92 Å². The Bertz CT molecular complexity index is 415. The van der Waals surface area contributed by atoms with Crippen LogP contribution in [0.3, 0.4) is 0 Å². The van der Waals surface area contributed by atoms with Gasteiger partial charge in [0, 0.05) is 25.2 Å². The van der Waals surface area contributed by atoms with E-state index in [0.29, 0.717) is 12.6 Å². The molecule has 2 N–H and O–H groups in total. The second kappa shape index (κ2) is 3.59. The van der Waals surface area contributed by atoms with Gasteiger partial charge in [-0.15, -0.1) is 0 Å². The molecule has 1 fully saturated rings. The zero-order valence-corrected chi connectivity index (χ0v) is 9.02. The van der Waals surface area contributed by atoms with Gasteiger partial charge < -0.3 is 10.1 Å². The van der Waals surface area contributed by atoms with Gasteiger partial charge >= 0.3 is 5.97 Å². The zero-order chi connectivity index (χ0) is 11.1. The number of aliphatic carboxylic acids is 1. The van der Waals surface area contributed by atoms with Crippen molar-refractivity contribution >= 4 is 5.97 Å². The maximum atomic E-state index is 11.0. The van der Waals surface area contributed by atoms with Gasteiger partial charge in [0.05, 0.1) is 24.0 Å². The minimum absolute atomic E-state index is 0.197. The molecule has 16 heavy (non-hydrogen) atoms. The first-order valence-corrected chi connectivity index (χ1v) is 5.74. The molecule has 0 spiro atoms. The fourth-order valence-electron chi connectivity index (χ4n) is 2.88. The number of nitrogens with one attached hydrogen (secondary N) is 1. The summed E-state index contributed by atoms with van der Waals surface area (Å²) in [7, 11) is 0. The summed E-state index contributed by atoms with van der Waals surface area (Å²) in [6, 6.07) is 0.339. The number of nitrogens with zero attached hydrogens (tertiary/aromatic N) is 2. The number of imidazole rings is 1. The van der Waals surface area contributed by atoms with Gasteiger partial charge in [0.25, 0.3) is 0 Å². The van der Waals surface area contributed by atoms with Crippen LogP contribution >= 0.6 is 0 Å². The summed E-state index contributed by atoms with van der Waals surface area (Å²) < 4.78 is 0. The number of aromatic amines is 1. The summed E-state index contributed by atoms with van der Waals surface area (Å²) in [6.07, 6.45) is 4.38. The first-order chi connectivity index (χ1) is 7.75. The maximum absolute atomic E-state index is 11.0. The number of rotatable bonds is 1. The number of H-pyrrole nitrogens is 1. The first-order valence-electron chi connectivity index (χ1n) is 5.74. The van der Waals surface area contributed by atoms with Gasteiger partial charge in [0.1, 0.15) is 0 Å². The van der Waals surface area contributed by atoms with Gasteiger partial charge in [-0.3, -0.25) is 9.69 Å². The molecular weight excluding hydrogens is 206 g/mol. The molecule has 1 aromatic rings. The third kappa shape index (κ3) is 1.43. The van der Waals surface area contributed by atoms with Crippen molar-refractivity contribution in [3.05, 3.63) is 17.7 Å². The fraction of sp³-hybridized carbons (Fsp3) is 0.636. The third-order valence-corrected chi connectivity index (χ3v) is 3.75. The second-order valence-electron chi connectivity index (χ2n) is 4.64. The Hall–Kier alpha value is -1.36. The highest BCUT2D eigenvalue weighted by atomic mass is 16.4. The second-order valence-corrected chi connectivity index (χ2v) is 4.64. The molecule has 5 heteroatoms. The number of carbonyl (C=O) groups is 1. The molecule has 0 bridgehead atoms. The highest BCUT2D eigenvalue weighted by molar-refractivity contribution is 5.70. The van der Waals surface area contributed by atoms with E-state index >= 15 is 0 Å². The quantitative estimate of drug-likeness (QED) is 0.736. The van der Waals surface area contributed by atoms with Gasteiger partial charge in [0.15, 0.2) is 0 Å². The van der Waals surface area contributed by atoms with Gasteiger partial charge in [-0.2, -0.15) is 0 Å². The number of aromatic nitrogens is 2. The van der Waals surface area contributed by atoms with Crippen molar-refractivity contribution in [3.8, 4) is 0 Å². The van der Waals surface area contributed by atoms with Crippen molar-refractivity contribution in [2.45, 2.75) is 25.3 Å². The van der Waals surface area contributed by atoms with E-state index in [1.165, 1.54) is 5.69 Å². The molecule has 2 atom stereocenters. The maximum Gasteiger partial charge on any atom is 0.307 e. The molecule has 1 aromatic heterocycles. The number of hydrogen-bond donors (Lipinski definition) is 2. The molecule has 0 aliphatic carbocycles. The van der Waals surface area contributed by atoms with E-state index in [0.717, 1.165) is 31.5 Å². The SMILES string of the molecule is O=C(O)C1CCC2c3nc[nH]c3CCN2C1. The van der Waals surface area contributed by atoms with Crippen LogP contribution < -0.4 is 0 Å². The van der Waals surface area contributed by atoms with E-state index in [2.05, 4.69) is 14.9 Å². The van der Waals surface area contributed by atoms with Crippen LogP contribution in [0.25, 0.3) is 0 Å². The summed E-state index contributed by atoms with van der Waals surface area (Å²) >= 11 is 0. The Morgan fingerprint density at radius 2 is 2.44 bits per heavy atom. The number of piperidine rings is 1. The molecular formula is C11H15N3O2. The predicted octanol–water partition coefficient (Wildman–Crippen LogP) is 0.804. The van der Waals surface area contributed by atoms with E-state index in [4.69, 9.17) is 5.11 Å². The average Bonchev–Trinajstić information content (AvgIpc) is 2.76. The normalized spacial score (nSPS) is 29.5. The molecule has 0 amide bonds.